The molecule has 0 saturated carbocycles. The molecule has 0 aromatic rings. The second-order valence-corrected chi connectivity index (χ2v) is 2.03. The molecule has 1 rings (SSSR count). The first-order valence-corrected chi connectivity index (χ1v) is 2.85. The van der Waals surface area contributed by atoms with Gasteiger partial charge in [0, 0.05) is 13.1 Å². The molecule has 0 N–H and O–H groups in total. The molecule has 2 nitrogen and oxygen atoms in total. The van der Waals surface area contributed by atoms with Crippen LogP contribution in [0.15, 0.2) is 0 Å². The van der Waals surface area contributed by atoms with Crippen LogP contribution in [0.5, 0.6) is 0 Å². The first-order chi connectivity index (χ1) is 3.80. The third-order valence-electron chi connectivity index (χ3n) is 1.35. The van der Waals surface area contributed by atoms with Crippen molar-refractivity contribution < 1.29 is 0 Å². The van der Waals surface area contributed by atoms with Gasteiger partial charge in [-0.15, -0.1) is 0 Å². The zero-order valence-corrected chi connectivity index (χ0v) is 4.88. The monoisotopic (exact) mass is 110 g/mol. The van der Waals surface area contributed by atoms with Gasteiger partial charge in [0.1, 0.15) is 0 Å². The molecule has 0 aromatic heterocycles. The summed E-state index contributed by atoms with van der Waals surface area (Å²) in [5, 5.41) is 3.09. The Balaban J connectivity index is 2.28. The molecule has 1 aliphatic rings. The zero-order chi connectivity index (χ0) is 5.98. The summed E-state index contributed by atoms with van der Waals surface area (Å²) in [6, 6.07) is 0. The molecular weight excluding hydrogens is 100 g/mol. The lowest BCUT2D eigenvalue weighted by Gasteiger charge is -2.31. The van der Waals surface area contributed by atoms with E-state index in [0.717, 1.165) is 25.9 Å². The Morgan fingerprint density at radius 2 is 1.25 bits per heavy atom. The summed E-state index contributed by atoms with van der Waals surface area (Å²) in [6.07, 6.45) is 2.31. The highest BCUT2D eigenvalue weighted by molar-refractivity contribution is 4.62. The molecule has 2 heteroatoms. The molecular formula is C6H10N2. The highest BCUT2D eigenvalue weighted by Crippen LogP contribution is 2.06. The fourth-order valence-electron chi connectivity index (χ4n) is 0.804. The molecule has 4 radical (unpaired) electrons. The van der Waals surface area contributed by atoms with E-state index >= 15 is 0 Å². The van der Waals surface area contributed by atoms with E-state index in [-0.39, 0.29) is 0 Å². The SMILES string of the molecule is [CH]N1CCCCN1[CH]. The van der Waals surface area contributed by atoms with E-state index in [1.807, 2.05) is 0 Å². The van der Waals surface area contributed by atoms with Crippen LogP contribution in [-0.2, 0) is 0 Å². The molecule has 0 bridgehead atoms. The van der Waals surface area contributed by atoms with Crippen molar-refractivity contribution in [3.8, 4) is 0 Å². The van der Waals surface area contributed by atoms with Crippen molar-refractivity contribution in [3.63, 3.8) is 0 Å². The van der Waals surface area contributed by atoms with Crippen molar-refractivity contribution in [1.82, 2.24) is 10.0 Å². The van der Waals surface area contributed by atoms with Crippen molar-refractivity contribution in [2.75, 3.05) is 13.1 Å². The minimum atomic E-state index is 0.885. The maximum atomic E-state index is 5.41. The number of hydrazine groups is 1. The van der Waals surface area contributed by atoms with E-state index in [2.05, 4.69) is 0 Å². The van der Waals surface area contributed by atoms with Gasteiger partial charge in [0.25, 0.3) is 0 Å². The van der Waals surface area contributed by atoms with Crippen molar-refractivity contribution in [3.05, 3.63) is 14.1 Å². The molecule has 1 saturated heterocycles. The summed E-state index contributed by atoms with van der Waals surface area (Å²) >= 11 is 0. The Bertz CT molecular complexity index is 62.9. The van der Waals surface area contributed by atoms with E-state index in [0.29, 0.717) is 0 Å². The summed E-state index contributed by atoms with van der Waals surface area (Å²) in [4.78, 5) is 0. The second kappa shape index (κ2) is 2.46. The third-order valence-corrected chi connectivity index (χ3v) is 1.35. The van der Waals surface area contributed by atoms with Gasteiger partial charge in [-0.25, -0.2) is 10.0 Å². The minimum Gasteiger partial charge on any atom is -0.235 e. The molecule has 1 aliphatic heterocycles. The van der Waals surface area contributed by atoms with Crippen molar-refractivity contribution in [1.29, 1.82) is 0 Å². The topological polar surface area (TPSA) is 6.48 Å². The molecule has 0 aliphatic carbocycles. The van der Waals surface area contributed by atoms with Crippen LogP contribution in [0.25, 0.3) is 0 Å². The summed E-state index contributed by atoms with van der Waals surface area (Å²) in [7, 11) is 10.8. The van der Waals surface area contributed by atoms with Gasteiger partial charge in [-0.2, -0.15) is 0 Å². The Morgan fingerprint density at radius 3 is 1.50 bits per heavy atom. The van der Waals surface area contributed by atoms with Crippen molar-refractivity contribution in [2.24, 2.45) is 0 Å². The van der Waals surface area contributed by atoms with E-state index < -0.39 is 0 Å². The van der Waals surface area contributed by atoms with Crippen molar-refractivity contribution in [2.45, 2.75) is 12.8 Å². The molecule has 1 fully saturated rings. The van der Waals surface area contributed by atoms with Gasteiger partial charge < -0.3 is 0 Å². The van der Waals surface area contributed by atoms with Gasteiger partial charge >= 0.3 is 0 Å². The molecule has 0 atom stereocenters. The van der Waals surface area contributed by atoms with Crippen LogP contribution >= 0.6 is 0 Å². The number of hydrogen-bond acceptors (Lipinski definition) is 2. The standard InChI is InChI=1S/C6H10N2/c1-7-5-3-4-6-8(7)2/h1-2H,3-6H2. The second-order valence-electron chi connectivity index (χ2n) is 2.03. The van der Waals surface area contributed by atoms with E-state index in [4.69, 9.17) is 14.1 Å². The predicted molar refractivity (Wildman–Crippen MR) is 31.2 cm³/mol. The molecule has 0 aromatic carbocycles. The normalized spacial score (nSPS) is 26.2. The zero-order valence-electron chi connectivity index (χ0n) is 4.88. The smallest absolute Gasteiger partial charge is 0.0617 e. The van der Waals surface area contributed by atoms with E-state index in [1.165, 1.54) is 0 Å². The van der Waals surface area contributed by atoms with Crippen LogP contribution in [0, 0.1) is 14.1 Å². The van der Waals surface area contributed by atoms with Gasteiger partial charge in [0.05, 0.1) is 14.1 Å². The fraction of sp³-hybridized carbons (Fsp3) is 0.667. The number of rotatable bonds is 0. The van der Waals surface area contributed by atoms with Gasteiger partial charge in [-0.3, -0.25) is 0 Å². The van der Waals surface area contributed by atoms with Crippen LogP contribution < -0.4 is 0 Å². The van der Waals surface area contributed by atoms with Crippen LogP contribution in [0.1, 0.15) is 12.8 Å². The van der Waals surface area contributed by atoms with Crippen molar-refractivity contribution >= 4 is 0 Å². The Labute approximate surface area is 51.0 Å². The lowest BCUT2D eigenvalue weighted by molar-refractivity contribution is 0.0370. The first-order valence-electron chi connectivity index (χ1n) is 2.85. The third kappa shape index (κ3) is 1.20. The fourth-order valence-corrected chi connectivity index (χ4v) is 0.804. The quantitative estimate of drug-likeness (QED) is 0.451. The first kappa shape index (κ1) is 6.05. The lowest BCUT2D eigenvalue weighted by atomic mass is 10.2. The average Bonchev–Trinajstić information content (AvgIpc) is 1.77. The largest absolute Gasteiger partial charge is 0.235 e. The van der Waals surface area contributed by atoms with Crippen LogP contribution in [0.2, 0.25) is 0 Å². The van der Waals surface area contributed by atoms with Gasteiger partial charge in [0.15, 0.2) is 0 Å². The molecule has 8 heavy (non-hydrogen) atoms. The summed E-state index contributed by atoms with van der Waals surface area (Å²) in [5.74, 6) is 0. The highest BCUT2D eigenvalue weighted by Gasteiger charge is 2.10. The summed E-state index contributed by atoms with van der Waals surface area (Å²) in [5.41, 5.74) is 0. The van der Waals surface area contributed by atoms with E-state index in [1.54, 1.807) is 10.0 Å². The molecule has 1 heterocycles. The molecule has 44 valence electrons. The molecule has 0 unspecified atom stereocenters. The maximum Gasteiger partial charge on any atom is 0.0617 e. The Morgan fingerprint density at radius 1 is 0.875 bits per heavy atom. The Kier molecular flexibility index (Phi) is 1.86. The Hall–Kier alpha value is -0.0800. The number of hydrogen-bond donors (Lipinski definition) is 0. The maximum absolute atomic E-state index is 5.41. The van der Waals surface area contributed by atoms with Crippen LogP contribution in [0.4, 0.5) is 0 Å². The van der Waals surface area contributed by atoms with Crippen LogP contribution in [-0.4, -0.2) is 23.1 Å². The summed E-state index contributed by atoms with van der Waals surface area (Å²) in [6.45, 7) is 1.77. The van der Waals surface area contributed by atoms with Crippen LogP contribution in [0.3, 0.4) is 0 Å². The summed E-state index contributed by atoms with van der Waals surface area (Å²) < 4.78 is 0. The van der Waals surface area contributed by atoms with Gasteiger partial charge in [-0.1, -0.05) is 0 Å². The predicted octanol–water partition coefficient (Wildman–Crippen LogP) is 0.636. The van der Waals surface area contributed by atoms with E-state index in [9.17, 15) is 0 Å². The highest BCUT2D eigenvalue weighted by atomic mass is 15.6. The minimum absolute atomic E-state index is 0.885. The van der Waals surface area contributed by atoms with Gasteiger partial charge in [-0.05, 0) is 12.8 Å². The molecule has 0 amide bonds. The number of nitrogens with zero attached hydrogens (tertiary/aromatic N) is 2. The van der Waals surface area contributed by atoms with Gasteiger partial charge in [0.2, 0.25) is 0 Å². The lowest BCUT2D eigenvalue weighted by Crippen LogP contribution is -2.38. The molecule has 0 spiro atoms. The average molecular weight is 110 g/mol.